The average molecular weight is 383 g/mol. The SMILES string of the molecule is S=C(Nc1ccn(Cc2ccc(Cl)cc2)n1)N1CCc2ccccc2C1. The molecule has 0 saturated heterocycles. The van der Waals surface area contributed by atoms with E-state index in [0.29, 0.717) is 6.54 Å². The van der Waals surface area contributed by atoms with Crippen molar-refractivity contribution in [2.75, 3.05) is 11.9 Å². The van der Waals surface area contributed by atoms with E-state index in [4.69, 9.17) is 23.8 Å². The lowest BCUT2D eigenvalue weighted by atomic mass is 10.0. The van der Waals surface area contributed by atoms with Crippen molar-refractivity contribution >= 4 is 34.7 Å². The maximum absolute atomic E-state index is 5.93. The maximum Gasteiger partial charge on any atom is 0.174 e. The fraction of sp³-hybridized carbons (Fsp3) is 0.200. The van der Waals surface area contributed by atoms with Crippen LogP contribution in [0.1, 0.15) is 16.7 Å². The van der Waals surface area contributed by atoms with E-state index in [1.54, 1.807) is 0 Å². The van der Waals surface area contributed by atoms with E-state index < -0.39 is 0 Å². The highest BCUT2D eigenvalue weighted by Gasteiger charge is 2.18. The standard InChI is InChI=1S/C20H19ClN4S/c21-18-7-5-15(6-8-18)13-25-12-10-19(23-25)22-20(26)24-11-9-16-3-1-2-4-17(16)14-24/h1-8,10,12H,9,11,13-14H2,(H,22,23,26). The topological polar surface area (TPSA) is 33.1 Å². The monoisotopic (exact) mass is 382 g/mol. The quantitative estimate of drug-likeness (QED) is 0.683. The molecule has 3 aromatic rings. The van der Waals surface area contributed by atoms with Gasteiger partial charge in [-0.05, 0) is 47.5 Å². The van der Waals surface area contributed by atoms with E-state index in [-0.39, 0.29) is 0 Å². The van der Waals surface area contributed by atoms with Crippen molar-refractivity contribution < 1.29 is 0 Å². The Labute approximate surface area is 163 Å². The maximum atomic E-state index is 5.93. The second-order valence-electron chi connectivity index (χ2n) is 6.40. The van der Waals surface area contributed by atoms with Gasteiger partial charge in [0.05, 0.1) is 6.54 Å². The summed E-state index contributed by atoms with van der Waals surface area (Å²) in [7, 11) is 0. The number of fused-ring (bicyclic) bond motifs is 1. The van der Waals surface area contributed by atoms with Crippen molar-refractivity contribution in [2.45, 2.75) is 19.5 Å². The fourth-order valence-corrected chi connectivity index (χ4v) is 3.54. The van der Waals surface area contributed by atoms with Crippen LogP contribution in [-0.4, -0.2) is 26.3 Å². The molecule has 4 nitrogen and oxygen atoms in total. The van der Waals surface area contributed by atoms with Crippen LogP contribution in [0, 0.1) is 0 Å². The molecule has 0 amide bonds. The lowest BCUT2D eigenvalue weighted by Gasteiger charge is -2.30. The van der Waals surface area contributed by atoms with Crippen LogP contribution in [-0.2, 0) is 19.5 Å². The number of thiocarbonyl (C=S) groups is 1. The highest BCUT2D eigenvalue weighted by Crippen LogP contribution is 2.19. The van der Waals surface area contributed by atoms with Gasteiger partial charge in [0, 0.05) is 30.4 Å². The summed E-state index contributed by atoms with van der Waals surface area (Å²) < 4.78 is 1.89. The molecule has 1 aliphatic heterocycles. The number of hydrogen-bond donors (Lipinski definition) is 1. The molecule has 0 bridgehead atoms. The molecule has 2 aromatic carbocycles. The first kappa shape index (κ1) is 17.1. The summed E-state index contributed by atoms with van der Waals surface area (Å²) in [5.41, 5.74) is 3.91. The van der Waals surface area contributed by atoms with Gasteiger partial charge in [-0.1, -0.05) is 48.0 Å². The van der Waals surface area contributed by atoms with Crippen LogP contribution < -0.4 is 5.32 Å². The Morgan fingerprint density at radius 1 is 1.08 bits per heavy atom. The minimum Gasteiger partial charge on any atom is -0.344 e. The number of halogens is 1. The lowest BCUT2D eigenvalue weighted by Crippen LogP contribution is -2.38. The number of nitrogens with zero attached hydrogens (tertiary/aromatic N) is 3. The highest BCUT2D eigenvalue weighted by molar-refractivity contribution is 7.80. The van der Waals surface area contributed by atoms with Gasteiger partial charge >= 0.3 is 0 Å². The Hall–Kier alpha value is -2.37. The third-order valence-electron chi connectivity index (χ3n) is 4.55. The number of aromatic nitrogens is 2. The predicted molar refractivity (Wildman–Crippen MR) is 110 cm³/mol. The zero-order valence-corrected chi connectivity index (χ0v) is 15.8. The highest BCUT2D eigenvalue weighted by atomic mass is 35.5. The van der Waals surface area contributed by atoms with E-state index in [1.165, 1.54) is 11.1 Å². The zero-order chi connectivity index (χ0) is 17.9. The van der Waals surface area contributed by atoms with Crippen molar-refractivity contribution in [3.05, 3.63) is 82.5 Å². The minimum absolute atomic E-state index is 0.697. The summed E-state index contributed by atoms with van der Waals surface area (Å²) in [5.74, 6) is 0.767. The molecule has 0 aliphatic carbocycles. The third-order valence-corrected chi connectivity index (χ3v) is 5.16. The molecule has 4 rings (SSSR count). The largest absolute Gasteiger partial charge is 0.344 e. The van der Waals surface area contributed by atoms with Crippen LogP contribution in [0.25, 0.3) is 0 Å². The molecule has 0 saturated carbocycles. The lowest BCUT2D eigenvalue weighted by molar-refractivity contribution is 0.399. The molecule has 0 fully saturated rings. The van der Waals surface area contributed by atoms with Crippen molar-refractivity contribution in [3.8, 4) is 0 Å². The number of hydrogen-bond acceptors (Lipinski definition) is 2. The van der Waals surface area contributed by atoms with Gasteiger partial charge in [0.15, 0.2) is 10.9 Å². The van der Waals surface area contributed by atoms with E-state index in [9.17, 15) is 0 Å². The molecule has 6 heteroatoms. The van der Waals surface area contributed by atoms with Crippen LogP contribution in [0.4, 0.5) is 5.82 Å². The van der Waals surface area contributed by atoms with E-state index >= 15 is 0 Å². The molecule has 1 N–H and O–H groups in total. The summed E-state index contributed by atoms with van der Waals surface area (Å²) >= 11 is 11.5. The smallest absolute Gasteiger partial charge is 0.174 e. The van der Waals surface area contributed by atoms with Crippen LogP contribution in [0.2, 0.25) is 5.02 Å². The molecule has 0 atom stereocenters. The van der Waals surface area contributed by atoms with Crippen molar-refractivity contribution in [1.82, 2.24) is 14.7 Å². The Balaban J connectivity index is 1.38. The average Bonchev–Trinajstić information content (AvgIpc) is 3.10. The van der Waals surface area contributed by atoms with Crippen LogP contribution in [0.5, 0.6) is 0 Å². The Morgan fingerprint density at radius 2 is 1.85 bits per heavy atom. The second-order valence-corrected chi connectivity index (χ2v) is 7.22. The molecule has 0 spiro atoms. The van der Waals surface area contributed by atoms with Gasteiger partial charge in [-0.25, -0.2) is 0 Å². The van der Waals surface area contributed by atoms with E-state index in [0.717, 1.165) is 41.0 Å². The summed E-state index contributed by atoms with van der Waals surface area (Å²) in [6, 6.07) is 18.3. The summed E-state index contributed by atoms with van der Waals surface area (Å²) in [6.07, 6.45) is 2.97. The van der Waals surface area contributed by atoms with E-state index in [1.807, 2.05) is 41.2 Å². The normalized spacial score (nSPS) is 13.3. The molecule has 0 unspecified atom stereocenters. The molecular formula is C20H19ClN4S. The third kappa shape index (κ3) is 3.89. The van der Waals surface area contributed by atoms with Crippen molar-refractivity contribution in [3.63, 3.8) is 0 Å². The van der Waals surface area contributed by atoms with Crippen LogP contribution >= 0.6 is 23.8 Å². The minimum atomic E-state index is 0.697. The van der Waals surface area contributed by atoms with Crippen LogP contribution in [0.3, 0.4) is 0 Å². The molecular weight excluding hydrogens is 364 g/mol. The second kappa shape index (κ2) is 7.48. The number of nitrogens with one attached hydrogen (secondary N) is 1. The van der Waals surface area contributed by atoms with Gasteiger partial charge in [-0.15, -0.1) is 0 Å². The van der Waals surface area contributed by atoms with Gasteiger partial charge in [-0.3, -0.25) is 4.68 Å². The Kier molecular flexibility index (Phi) is 4.91. The van der Waals surface area contributed by atoms with Gasteiger partial charge in [0.2, 0.25) is 0 Å². The van der Waals surface area contributed by atoms with Crippen molar-refractivity contribution in [2.24, 2.45) is 0 Å². The molecule has 1 aromatic heterocycles. The van der Waals surface area contributed by atoms with Gasteiger partial charge < -0.3 is 10.2 Å². The fourth-order valence-electron chi connectivity index (χ4n) is 3.15. The molecule has 0 radical (unpaired) electrons. The summed E-state index contributed by atoms with van der Waals surface area (Å²) in [5, 5.41) is 9.29. The van der Waals surface area contributed by atoms with Gasteiger partial charge in [-0.2, -0.15) is 5.10 Å². The molecule has 26 heavy (non-hydrogen) atoms. The molecule has 1 aliphatic rings. The number of rotatable bonds is 3. The number of anilines is 1. The van der Waals surface area contributed by atoms with Gasteiger partial charge in [0.25, 0.3) is 0 Å². The Bertz CT molecular complexity index is 920. The first-order valence-corrected chi connectivity index (χ1v) is 9.36. The zero-order valence-electron chi connectivity index (χ0n) is 14.2. The first-order chi connectivity index (χ1) is 12.7. The molecule has 2 heterocycles. The Morgan fingerprint density at radius 3 is 2.65 bits per heavy atom. The summed E-state index contributed by atoms with van der Waals surface area (Å²) in [4.78, 5) is 2.19. The summed E-state index contributed by atoms with van der Waals surface area (Å²) in [6.45, 7) is 2.46. The molecule has 132 valence electrons. The van der Waals surface area contributed by atoms with E-state index in [2.05, 4.69) is 39.6 Å². The van der Waals surface area contributed by atoms with Crippen LogP contribution in [0.15, 0.2) is 60.8 Å². The van der Waals surface area contributed by atoms with Gasteiger partial charge in [0.1, 0.15) is 0 Å². The first-order valence-electron chi connectivity index (χ1n) is 8.58. The predicted octanol–water partition coefficient (Wildman–Crippen LogP) is 4.34. The number of benzene rings is 2. The van der Waals surface area contributed by atoms with Crippen molar-refractivity contribution in [1.29, 1.82) is 0 Å².